The number of nitrogens with one attached hydrogen (secondary N) is 1. The third-order valence-electron chi connectivity index (χ3n) is 6.19. The van der Waals surface area contributed by atoms with Gasteiger partial charge in [-0.1, -0.05) is 48.0 Å². The van der Waals surface area contributed by atoms with Gasteiger partial charge >= 0.3 is 0 Å². The van der Waals surface area contributed by atoms with Crippen molar-refractivity contribution in [3.8, 4) is 22.8 Å². The van der Waals surface area contributed by atoms with Gasteiger partial charge in [0.2, 0.25) is 0 Å². The highest BCUT2D eigenvalue weighted by Gasteiger charge is 2.23. The summed E-state index contributed by atoms with van der Waals surface area (Å²) < 4.78 is 48.3. The zero-order chi connectivity index (χ0) is 29.9. The van der Waals surface area contributed by atoms with E-state index in [0.29, 0.717) is 40.2 Å². The minimum atomic E-state index is -4.12. The highest BCUT2D eigenvalue weighted by molar-refractivity contribution is 7.92. The number of sulfonamides is 1. The van der Waals surface area contributed by atoms with Crippen LogP contribution in [0.2, 0.25) is 5.02 Å². The molecule has 3 aromatic carbocycles. The Kier molecular flexibility index (Phi) is 8.53. The fraction of sp³-hybridized carbons (Fsp3) is 0.100. The average molecular weight is 623 g/mol. The monoisotopic (exact) mass is 622 g/mol. The van der Waals surface area contributed by atoms with Crippen LogP contribution in [-0.4, -0.2) is 36.8 Å². The quantitative estimate of drug-likeness (QED) is 0.169. The van der Waals surface area contributed by atoms with Crippen LogP contribution in [0.5, 0.6) is 11.5 Å². The largest absolute Gasteiger partial charge is 0.504 e. The third kappa shape index (κ3) is 6.43. The second kappa shape index (κ2) is 12.3. The van der Waals surface area contributed by atoms with Crippen molar-refractivity contribution in [3.63, 3.8) is 0 Å². The van der Waals surface area contributed by atoms with Crippen molar-refractivity contribution < 1.29 is 22.7 Å². The van der Waals surface area contributed by atoms with Gasteiger partial charge in [0.15, 0.2) is 21.7 Å². The zero-order valence-corrected chi connectivity index (χ0v) is 24.8. The fourth-order valence-corrected chi connectivity index (χ4v) is 6.77. The number of aromatic hydroxyl groups is 1. The standard InChI is InChI=1S/C30H24ClFN4O4S2/c1-18-13-22(33-16-21-9-6-10-25(40-2)28(21)37)17-34-29(18)42(38,39)36-30-35-27(20-11-12-24(32)23(31)15-20)26(41-30)14-19-7-4-3-5-8-19/h3-13,15-17,37H,14H2,1-2H3,(H,35,36)/b33-16+. The van der Waals surface area contributed by atoms with Gasteiger partial charge in [0.05, 0.1) is 29.7 Å². The van der Waals surface area contributed by atoms with Crippen molar-refractivity contribution in [1.29, 1.82) is 0 Å². The van der Waals surface area contributed by atoms with E-state index in [2.05, 4.69) is 19.7 Å². The molecule has 12 heteroatoms. The first kappa shape index (κ1) is 29.2. The number of hydrogen-bond donors (Lipinski definition) is 2. The lowest BCUT2D eigenvalue weighted by molar-refractivity contribution is 0.373. The van der Waals surface area contributed by atoms with Crippen molar-refractivity contribution >= 4 is 50.0 Å². The minimum Gasteiger partial charge on any atom is -0.504 e. The number of ether oxygens (including phenoxy) is 1. The van der Waals surface area contributed by atoms with E-state index in [-0.39, 0.29) is 20.9 Å². The number of rotatable bonds is 9. The number of para-hydroxylation sites is 1. The third-order valence-corrected chi connectivity index (χ3v) is 8.98. The Morgan fingerprint density at radius 2 is 1.90 bits per heavy atom. The molecule has 2 N–H and O–H groups in total. The van der Waals surface area contributed by atoms with Gasteiger partial charge in [-0.2, -0.15) is 8.42 Å². The topological polar surface area (TPSA) is 114 Å². The van der Waals surface area contributed by atoms with Crippen LogP contribution >= 0.6 is 22.9 Å². The van der Waals surface area contributed by atoms with E-state index in [4.69, 9.17) is 16.3 Å². The molecule has 0 radical (unpaired) electrons. The molecule has 5 rings (SSSR count). The van der Waals surface area contributed by atoms with Crippen molar-refractivity contribution in [1.82, 2.24) is 9.97 Å². The van der Waals surface area contributed by atoms with Crippen molar-refractivity contribution in [3.05, 3.63) is 111 Å². The Balaban J connectivity index is 1.43. The Hall–Kier alpha value is -4.32. The number of phenolic OH excluding ortho intramolecular Hbond substituents is 1. The summed E-state index contributed by atoms with van der Waals surface area (Å²) in [5.41, 5.74) is 3.24. The van der Waals surface area contributed by atoms with Crippen LogP contribution in [0.1, 0.15) is 21.6 Å². The number of aliphatic imine (C=N–C) groups is 1. The van der Waals surface area contributed by atoms with Gasteiger partial charge in [-0.25, -0.2) is 14.4 Å². The highest BCUT2D eigenvalue weighted by atomic mass is 35.5. The summed E-state index contributed by atoms with van der Waals surface area (Å²) in [7, 11) is -2.67. The molecule has 0 saturated carbocycles. The number of anilines is 1. The van der Waals surface area contributed by atoms with Crippen LogP contribution < -0.4 is 9.46 Å². The SMILES string of the molecule is COc1cccc(/C=N/c2cnc(S(=O)(=O)Nc3nc(-c4ccc(F)c(Cl)c4)c(Cc4ccccc4)s3)c(C)c2)c1O. The van der Waals surface area contributed by atoms with Gasteiger partial charge < -0.3 is 9.84 Å². The molecular formula is C30H24ClFN4O4S2. The predicted octanol–water partition coefficient (Wildman–Crippen LogP) is 7.16. The molecule has 0 aliphatic carbocycles. The van der Waals surface area contributed by atoms with Gasteiger partial charge in [0.25, 0.3) is 10.0 Å². The lowest BCUT2D eigenvalue weighted by atomic mass is 10.1. The predicted molar refractivity (Wildman–Crippen MR) is 163 cm³/mol. The average Bonchev–Trinajstić information content (AvgIpc) is 3.35. The number of aryl methyl sites for hydroxylation is 1. The van der Waals surface area contributed by atoms with Gasteiger partial charge in [0.1, 0.15) is 5.82 Å². The van der Waals surface area contributed by atoms with Crippen molar-refractivity contribution in [2.45, 2.75) is 18.4 Å². The van der Waals surface area contributed by atoms with Gasteiger partial charge in [-0.15, -0.1) is 11.3 Å². The second-order valence-corrected chi connectivity index (χ2v) is 12.2. The van der Waals surface area contributed by atoms with E-state index in [1.807, 2.05) is 30.3 Å². The molecule has 2 heterocycles. The molecule has 214 valence electrons. The maximum Gasteiger partial charge on any atom is 0.281 e. The summed E-state index contributed by atoms with van der Waals surface area (Å²) in [4.78, 5) is 13.8. The van der Waals surface area contributed by atoms with Crippen molar-refractivity contribution in [2.75, 3.05) is 11.8 Å². The van der Waals surface area contributed by atoms with Crippen LogP contribution in [0.25, 0.3) is 11.3 Å². The molecule has 0 amide bonds. The van der Waals surface area contributed by atoms with Gasteiger partial charge in [-0.05, 0) is 54.4 Å². The molecule has 8 nitrogen and oxygen atoms in total. The lowest BCUT2D eigenvalue weighted by Gasteiger charge is -2.08. The zero-order valence-electron chi connectivity index (χ0n) is 22.4. The summed E-state index contributed by atoms with van der Waals surface area (Å²) >= 11 is 7.21. The number of thiazole rings is 1. The molecule has 0 aliphatic heterocycles. The number of benzene rings is 3. The lowest BCUT2D eigenvalue weighted by Crippen LogP contribution is -2.15. The Bertz CT molecular complexity index is 1900. The summed E-state index contributed by atoms with van der Waals surface area (Å²) in [6.07, 6.45) is 3.25. The van der Waals surface area contributed by atoms with E-state index >= 15 is 0 Å². The van der Waals surface area contributed by atoms with Crippen LogP contribution in [0, 0.1) is 12.7 Å². The Labute approximate surface area is 251 Å². The van der Waals surface area contributed by atoms with E-state index in [1.54, 1.807) is 37.3 Å². The Morgan fingerprint density at radius 1 is 1.12 bits per heavy atom. The van der Waals surface area contributed by atoms with E-state index in [1.165, 1.54) is 43.0 Å². The molecule has 0 unspecified atom stereocenters. The number of methoxy groups -OCH3 is 1. The van der Waals surface area contributed by atoms with Crippen LogP contribution in [0.4, 0.5) is 15.2 Å². The molecule has 0 bridgehead atoms. The highest BCUT2D eigenvalue weighted by Crippen LogP contribution is 2.36. The number of nitrogens with zero attached hydrogens (tertiary/aromatic N) is 3. The minimum absolute atomic E-state index is 0.0579. The molecule has 0 aliphatic rings. The molecule has 0 atom stereocenters. The van der Waals surface area contributed by atoms with Crippen LogP contribution in [0.3, 0.4) is 0 Å². The summed E-state index contributed by atoms with van der Waals surface area (Å²) in [6, 6.07) is 20.5. The maximum atomic E-state index is 13.9. The molecule has 2 aromatic heterocycles. The van der Waals surface area contributed by atoms with E-state index in [9.17, 15) is 17.9 Å². The summed E-state index contributed by atoms with van der Waals surface area (Å²) in [5.74, 6) is -0.314. The number of halogens is 2. The smallest absolute Gasteiger partial charge is 0.281 e. The summed E-state index contributed by atoms with van der Waals surface area (Å²) in [5, 5.41) is 10.2. The van der Waals surface area contributed by atoms with Crippen LogP contribution in [-0.2, 0) is 16.4 Å². The molecule has 0 spiro atoms. The normalized spacial score (nSPS) is 11.6. The van der Waals surface area contributed by atoms with Crippen molar-refractivity contribution in [2.24, 2.45) is 4.99 Å². The first-order valence-corrected chi connectivity index (χ1v) is 15.2. The number of hydrogen-bond acceptors (Lipinski definition) is 8. The molecular weight excluding hydrogens is 599 g/mol. The van der Waals surface area contributed by atoms with E-state index in [0.717, 1.165) is 10.4 Å². The number of phenols is 1. The fourth-order valence-electron chi connectivity index (χ4n) is 4.18. The second-order valence-electron chi connectivity index (χ2n) is 9.16. The molecule has 42 heavy (non-hydrogen) atoms. The number of pyridine rings is 1. The summed E-state index contributed by atoms with van der Waals surface area (Å²) in [6.45, 7) is 1.61. The Morgan fingerprint density at radius 3 is 2.62 bits per heavy atom. The van der Waals surface area contributed by atoms with Crippen LogP contribution in [0.15, 0.2) is 89.0 Å². The van der Waals surface area contributed by atoms with Gasteiger partial charge in [0, 0.05) is 28.6 Å². The first-order chi connectivity index (χ1) is 20.1. The maximum absolute atomic E-state index is 13.9. The molecule has 0 saturated heterocycles. The van der Waals surface area contributed by atoms with E-state index < -0.39 is 15.8 Å². The van der Waals surface area contributed by atoms with Gasteiger partial charge in [-0.3, -0.25) is 9.71 Å². The first-order valence-electron chi connectivity index (χ1n) is 12.5. The molecule has 0 fully saturated rings. The molecule has 5 aromatic rings. The number of aromatic nitrogens is 2.